The predicted octanol–water partition coefficient (Wildman–Crippen LogP) is 3.77. The third kappa shape index (κ3) is 5.36. The van der Waals surface area contributed by atoms with Crippen LogP contribution in [0.15, 0.2) is 30.3 Å². The van der Waals surface area contributed by atoms with E-state index in [0.717, 1.165) is 19.3 Å². The quantitative estimate of drug-likeness (QED) is 0.618. The molecule has 0 radical (unpaired) electrons. The molecule has 82 valence electrons. The second-order valence-corrected chi connectivity index (χ2v) is 3.98. The molecule has 1 heteroatoms. The fourth-order valence-electron chi connectivity index (χ4n) is 1.63. The van der Waals surface area contributed by atoms with E-state index in [1.165, 1.54) is 18.4 Å². The molecule has 15 heavy (non-hydrogen) atoms. The molecule has 0 aromatic heterocycles. The van der Waals surface area contributed by atoms with E-state index in [2.05, 4.69) is 19.1 Å². The minimum atomic E-state index is 0.410. The number of benzene rings is 1. The van der Waals surface area contributed by atoms with Crippen LogP contribution in [-0.2, 0) is 11.2 Å². The molecule has 1 aromatic carbocycles. The van der Waals surface area contributed by atoms with E-state index in [9.17, 15) is 4.79 Å². The Morgan fingerprint density at radius 1 is 1.07 bits per heavy atom. The normalized spacial score (nSPS) is 10.2. The molecule has 1 aromatic rings. The number of rotatable bonds is 7. The van der Waals surface area contributed by atoms with Gasteiger partial charge in [-0.1, -0.05) is 50.1 Å². The Labute approximate surface area is 92.5 Å². The summed E-state index contributed by atoms with van der Waals surface area (Å²) in [4.78, 5) is 11.5. The summed E-state index contributed by atoms with van der Waals surface area (Å²) in [7, 11) is 0. The lowest BCUT2D eigenvalue weighted by molar-refractivity contribution is -0.119. The van der Waals surface area contributed by atoms with E-state index in [0.29, 0.717) is 12.2 Å². The van der Waals surface area contributed by atoms with Crippen molar-refractivity contribution in [3.05, 3.63) is 35.9 Å². The van der Waals surface area contributed by atoms with Gasteiger partial charge < -0.3 is 0 Å². The highest BCUT2D eigenvalue weighted by atomic mass is 16.1. The van der Waals surface area contributed by atoms with Crippen molar-refractivity contribution in [1.29, 1.82) is 0 Å². The van der Waals surface area contributed by atoms with Gasteiger partial charge in [-0.3, -0.25) is 4.79 Å². The molecule has 0 saturated heterocycles. The first kappa shape index (κ1) is 12.0. The summed E-state index contributed by atoms with van der Waals surface area (Å²) >= 11 is 0. The largest absolute Gasteiger partial charge is 0.300 e. The number of aryl methyl sites for hydroxylation is 1. The van der Waals surface area contributed by atoms with Crippen LogP contribution < -0.4 is 0 Å². The number of unbranched alkanes of at least 4 members (excludes halogenated alkanes) is 2. The van der Waals surface area contributed by atoms with Crippen molar-refractivity contribution in [3.8, 4) is 0 Å². The number of carbonyl (C=O) groups excluding carboxylic acids is 1. The maximum absolute atomic E-state index is 11.5. The van der Waals surface area contributed by atoms with Crippen molar-refractivity contribution in [2.45, 2.75) is 45.4 Å². The molecule has 0 aliphatic carbocycles. The smallest absolute Gasteiger partial charge is 0.133 e. The zero-order valence-corrected chi connectivity index (χ0v) is 9.54. The van der Waals surface area contributed by atoms with Gasteiger partial charge in [0.05, 0.1) is 0 Å². The van der Waals surface area contributed by atoms with Crippen LogP contribution >= 0.6 is 0 Å². The average molecular weight is 204 g/mol. The van der Waals surface area contributed by atoms with Crippen LogP contribution in [0.3, 0.4) is 0 Å². The first-order valence-electron chi connectivity index (χ1n) is 5.88. The third-order valence-corrected chi connectivity index (χ3v) is 2.59. The minimum absolute atomic E-state index is 0.410. The molecule has 0 saturated carbocycles. The lowest BCUT2D eigenvalue weighted by Crippen LogP contribution is -1.99. The second kappa shape index (κ2) is 7.22. The molecule has 0 aliphatic rings. The van der Waals surface area contributed by atoms with E-state index in [1.807, 2.05) is 18.2 Å². The van der Waals surface area contributed by atoms with Crippen LogP contribution in [-0.4, -0.2) is 5.78 Å². The number of hydrogen-bond donors (Lipinski definition) is 0. The van der Waals surface area contributed by atoms with Crippen LogP contribution in [0.5, 0.6) is 0 Å². The molecule has 0 fully saturated rings. The Kier molecular flexibility index (Phi) is 5.76. The van der Waals surface area contributed by atoms with Gasteiger partial charge in [0, 0.05) is 12.8 Å². The van der Waals surface area contributed by atoms with Gasteiger partial charge in [0.1, 0.15) is 5.78 Å². The molecule has 0 amide bonds. The fourth-order valence-corrected chi connectivity index (χ4v) is 1.63. The summed E-state index contributed by atoms with van der Waals surface area (Å²) < 4.78 is 0. The topological polar surface area (TPSA) is 17.1 Å². The molecule has 0 bridgehead atoms. The van der Waals surface area contributed by atoms with E-state index in [1.54, 1.807) is 0 Å². The Balaban J connectivity index is 2.17. The maximum Gasteiger partial charge on any atom is 0.133 e. The monoisotopic (exact) mass is 204 g/mol. The van der Waals surface area contributed by atoms with Crippen LogP contribution in [0, 0.1) is 0 Å². The van der Waals surface area contributed by atoms with E-state index in [-0.39, 0.29) is 0 Å². The van der Waals surface area contributed by atoms with Gasteiger partial charge >= 0.3 is 0 Å². The van der Waals surface area contributed by atoms with Crippen molar-refractivity contribution in [1.82, 2.24) is 0 Å². The molecule has 0 unspecified atom stereocenters. The molecular weight excluding hydrogens is 184 g/mol. The molecule has 1 nitrogen and oxygen atoms in total. The van der Waals surface area contributed by atoms with Gasteiger partial charge in [0.15, 0.2) is 0 Å². The highest BCUT2D eigenvalue weighted by Crippen LogP contribution is 2.06. The van der Waals surface area contributed by atoms with Crippen molar-refractivity contribution < 1.29 is 4.79 Å². The molecule has 0 aliphatic heterocycles. The summed E-state index contributed by atoms with van der Waals surface area (Å²) in [5, 5.41) is 0. The molecular formula is C14H20O. The highest BCUT2D eigenvalue weighted by Gasteiger charge is 2.01. The zero-order valence-electron chi connectivity index (χ0n) is 9.54. The molecule has 1 rings (SSSR count). The van der Waals surface area contributed by atoms with Gasteiger partial charge in [0.25, 0.3) is 0 Å². The third-order valence-electron chi connectivity index (χ3n) is 2.59. The fraction of sp³-hybridized carbons (Fsp3) is 0.500. The highest BCUT2D eigenvalue weighted by molar-refractivity contribution is 5.78. The Morgan fingerprint density at radius 2 is 1.80 bits per heavy atom. The SMILES string of the molecule is CCCCCC(=O)CCc1ccccc1. The number of Topliss-reactive ketones (excluding diaryl/α,β-unsaturated/α-hetero) is 1. The van der Waals surface area contributed by atoms with Gasteiger partial charge in [-0.05, 0) is 18.4 Å². The Morgan fingerprint density at radius 3 is 2.47 bits per heavy atom. The summed E-state index contributed by atoms with van der Waals surface area (Å²) in [5.41, 5.74) is 1.27. The Bertz CT molecular complexity index is 277. The van der Waals surface area contributed by atoms with Crippen molar-refractivity contribution >= 4 is 5.78 Å². The maximum atomic E-state index is 11.5. The predicted molar refractivity (Wildman–Crippen MR) is 63.9 cm³/mol. The first-order chi connectivity index (χ1) is 7.33. The second-order valence-electron chi connectivity index (χ2n) is 3.98. The van der Waals surface area contributed by atoms with Crippen molar-refractivity contribution in [2.24, 2.45) is 0 Å². The lowest BCUT2D eigenvalue weighted by Gasteiger charge is -2.01. The van der Waals surface area contributed by atoms with E-state index < -0.39 is 0 Å². The van der Waals surface area contributed by atoms with Crippen LogP contribution in [0.25, 0.3) is 0 Å². The number of ketones is 1. The van der Waals surface area contributed by atoms with Gasteiger partial charge in [-0.15, -0.1) is 0 Å². The van der Waals surface area contributed by atoms with Gasteiger partial charge in [-0.2, -0.15) is 0 Å². The molecule has 0 spiro atoms. The van der Waals surface area contributed by atoms with Crippen molar-refractivity contribution in [3.63, 3.8) is 0 Å². The van der Waals surface area contributed by atoms with Gasteiger partial charge in [-0.25, -0.2) is 0 Å². The molecule has 0 N–H and O–H groups in total. The molecule has 0 heterocycles. The summed E-state index contributed by atoms with van der Waals surface area (Å²) in [6.45, 7) is 2.16. The van der Waals surface area contributed by atoms with E-state index in [4.69, 9.17) is 0 Å². The number of carbonyl (C=O) groups is 1. The minimum Gasteiger partial charge on any atom is -0.300 e. The van der Waals surface area contributed by atoms with Crippen LogP contribution in [0.2, 0.25) is 0 Å². The zero-order chi connectivity index (χ0) is 10.9. The standard InChI is InChI=1S/C14H20O/c1-2-3-5-10-14(15)12-11-13-8-6-4-7-9-13/h4,6-9H,2-3,5,10-12H2,1H3. The lowest BCUT2D eigenvalue weighted by atomic mass is 10.0. The average Bonchev–Trinajstić information content (AvgIpc) is 2.28. The van der Waals surface area contributed by atoms with Crippen LogP contribution in [0.1, 0.15) is 44.6 Å². The first-order valence-corrected chi connectivity index (χ1v) is 5.88. The van der Waals surface area contributed by atoms with Crippen LogP contribution in [0.4, 0.5) is 0 Å². The summed E-state index contributed by atoms with van der Waals surface area (Å²) in [5.74, 6) is 0.410. The summed E-state index contributed by atoms with van der Waals surface area (Å²) in [6, 6.07) is 10.2. The summed E-state index contributed by atoms with van der Waals surface area (Å²) in [6.07, 6.45) is 5.79. The van der Waals surface area contributed by atoms with Crippen molar-refractivity contribution in [2.75, 3.05) is 0 Å². The molecule has 0 atom stereocenters. The Hall–Kier alpha value is -1.11. The van der Waals surface area contributed by atoms with E-state index >= 15 is 0 Å². The number of hydrogen-bond acceptors (Lipinski definition) is 1. The van der Waals surface area contributed by atoms with Gasteiger partial charge in [0.2, 0.25) is 0 Å².